The Morgan fingerprint density at radius 1 is 1.38 bits per heavy atom. The molecule has 2 aromatic rings. The van der Waals surface area contributed by atoms with Crippen molar-refractivity contribution in [3.63, 3.8) is 0 Å². The van der Waals surface area contributed by atoms with Crippen molar-refractivity contribution in [2.24, 2.45) is 0 Å². The molecule has 1 aliphatic rings. The molecular formula is C17H14ClF3N2O. The molecule has 0 aliphatic heterocycles. The molecule has 1 heterocycles. The molecule has 1 fully saturated rings. The summed E-state index contributed by atoms with van der Waals surface area (Å²) in [5.74, 6) is 0.0466. The van der Waals surface area contributed by atoms with Crippen LogP contribution in [0.1, 0.15) is 47.0 Å². The van der Waals surface area contributed by atoms with E-state index >= 15 is 0 Å². The van der Waals surface area contributed by atoms with Gasteiger partial charge in [0.1, 0.15) is 5.82 Å². The van der Waals surface area contributed by atoms with Crippen LogP contribution in [0.2, 0.25) is 5.02 Å². The summed E-state index contributed by atoms with van der Waals surface area (Å²) >= 11 is 6.05. The highest BCUT2D eigenvalue weighted by Crippen LogP contribution is 2.39. The zero-order valence-corrected chi connectivity index (χ0v) is 13.3. The molecule has 1 saturated carbocycles. The van der Waals surface area contributed by atoms with Crippen LogP contribution in [0.3, 0.4) is 0 Å². The molecule has 1 aliphatic carbocycles. The fraction of sp³-hybridized carbons (Fsp3) is 0.294. The molecule has 1 N–H and O–H groups in total. The van der Waals surface area contributed by atoms with Gasteiger partial charge in [0.2, 0.25) is 0 Å². The number of nitrogens with zero attached hydrogens (tertiary/aromatic N) is 1. The van der Waals surface area contributed by atoms with E-state index in [-0.39, 0.29) is 18.2 Å². The summed E-state index contributed by atoms with van der Waals surface area (Å²) in [4.78, 5) is 18.4. The molecule has 3 rings (SSSR count). The SMILES string of the molecule is C=Cc1ccc(Cc2c(C(F)(F)F)nc(C3CC3)[nH]c2=O)cc1Cl. The molecule has 1 aromatic carbocycles. The third kappa shape index (κ3) is 3.38. The minimum atomic E-state index is -4.68. The first-order valence-corrected chi connectivity index (χ1v) is 7.78. The predicted molar refractivity (Wildman–Crippen MR) is 86.2 cm³/mol. The smallest absolute Gasteiger partial charge is 0.310 e. The summed E-state index contributed by atoms with van der Waals surface area (Å²) in [7, 11) is 0. The quantitative estimate of drug-likeness (QED) is 0.875. The van der Waals surface area contributed by atoms with Gasteiger partial charge in [-0.2, -0.15) is 13.2 Å². The van der Waals surface area contributed by atoms with Crippen LogP contribution in [-0.4, -0.2) is 9.97 Å². The molecule has 3 nitrogen and oxygen atoms in total. The van der Waals surface area contributed by atoms with Gasteiger partial charge in [0.05, 0.1) is 5.56 Å². The molecule has 0 atom stereocenters. The van der Waals surface area contributed by atoms with Crippen LogP contribution in [0.5, 0.6) is 0 Å². The van der Waals surface area contributed by atoms with Crippen LogP contribution in [0.4, 0.5) is 13.2 Å². The van der Waals surface area contributed by atoms with Crippen molar-refractivity contribution in [1.82, 2.24) is 9.97 Å². The molecule has 1 aromatic heterocycles. The lowest BCUT2D eigenvalue weighted by Gasteiger charge is -2.13. The van der Waals surface area contributed by atoms with E-state index in [0.717, 1.165) is 12.8 Å². The van der Waals surface area contributed by atoms with Gasteiger partial charge in [-0.15, -0.1) is 0 Å². The van der Waals surface area contributed by atoms with E-state index in [4.69, 9.17) is 11.6 Å². The van der Waals surface area contributed by atoms with Crippen LogP contribution in [0.25, 0.3) is 6.08 Å². The maximum Gasteiger partial charge on any atom is 0.433 e. The number of nitrogens with one attached hydrogen (secondary N) is 1. The summed E-state index contributed by atoms with van der Waals surface area (Å²) in [6, 6.07) is 4.81. The van der Waals surface area contributed by atoms with E-state index in [1.54, 1.807) is 18.2 Å². The Hall–Kier alpha value is -2.08. The Morgan fingerprint density at radius 3 is 2.62 bits per heavy atom. The van der Waals surface area contributed by atoms with Gasteiger partial charge in [-0.3, -0.25) is 4.79 Å². The summed E-state index contributed by atoms with van der Waals surface area (Å²) in [6.45, 7) is 3.60. The standard InChI is InChI=1S/C17H14ClF3N2O/c1-2-10-4-3-9(8-13(10)18)7-12-14(17(19,20)21)22-15(11-5-6-11)23-16(12)24/h2-4,8,11H,1,5-7H2,(H,22,23,24). The van der Waals surface area contributed by atoms with Gasteiger partial charge in [-0.05, 0) is 30.0 Å². The molecule has 126 valence electrons. The van der Waals surface area contributed by atoms with Crippen LogP contribution in [-0.2, 0) is 12.6 Å². The fourth-order valence-electron chi connectivity index (χ4n) is 2.51. The average molecular weight is 355 g/mol. The molecular weight excluding hydrogens is 341 g/mol. The number of hydrogen-bond acceptors (Lipinski definition) is 2. The van der Waals surface area contributed by atoms with Gasteiger partial charge in [-0.25, -0.2) is 4.98 Å². The summed E-state index contributed by atoms with van der Waals surface area (Å²) in [5.41, 5.74) is -1.08. The molecule has 7 heteroatoms. The van der Waals surface area contributed by atoms with Gasteiger partial charge >= 0.3 is 6.18 Å². The third-order valence-electron chi connectivity index (χ3n) is 3.93. The van der Waals surface area contributed by atoms with Crippen LogP contribution < -0.4 is 5.56 Å². The number of halogens is 4. The molecule has 0 spiro atoms. The van der Waals surface area contributed by atoms with Crippen molar-refractivity contribution in [2.45, 2.75) is 31.4 Å². The number of H-pyrrole nitrogens is 1. The van der Waals surface area contributed by atoms with Crippen LogP contribution >= 0.6 is 11.6 Å². The van der Waals surface area contributed by atoms with Gasteiger partial charge in [-0.1, -0.05) is 36.4 Å². The second kappa shape index (κ2) is 6.09. The van der Waals surface area contributed by atoms with E-state index in [0.29, 0.717) is 16.1 Å². The molecule has 0 unspecified atom stereocenters. The molecule has 24 heavy (non-hydrogen) atoms. The first-order valence-electron chi connectivity index (χ1n) is 7.40. The number of aromatic nitrogens is 2. The van der Waals surface area contributed by atoms with Gasteiger partial charge < -0.3 is 4.98 Å². The van der Waals surface area contributed by atoms with Crippen LogP contribution in [0, 0.1) is 0 Å². The topological polar surface area (TPSA) is 45.8 Å². The Balaban J connectivity index is 2.05. The monoisotopic (exact) mass is 354 g/mol. The van der Waals surface area contributed by atoms with Crippen molar-refractivity contribution in [3.05, 3.63) is 68.4 Å². The number of hydrogen-bond donors (Lipinski definition) is 1. The van der Waals surface area contributed by atoms with Crippen molar-refractivity contribution >= 4 is 17.7 Å². The third-order valence-corrected chi connectivity index (χ3v) is 4.26. The fourth-order valence-corrected chi connectivity index (χ4v) is 2.79. The molecule has 0 bridgehead atoms. The highest BCUT2D eigenvalue weighted by molar-refractivity contribution is 6.32. The predicted octanol–water partition coefficient (Wildman–Crippen LogP) is 4.55. The van der Waals surface area contributed by atoms with Gasteiger partial charge in [0.25, 0.3) is 5.56 Å². The Kier molecular flexibility index (Phi) is 4.25. The minimum absolute atomic E-state index is 0.0748. The lowest BCUT2D eigenvalue weighted by molar-refractivity contribution is -0.142. The Labute approximate surface area is 141 Å². The summed E-state index contributed by atoms with van der Waals surface area (Å²) < 4.78 is 40.0. The number of aromatic amines is 1. The highest BCUT2D eigenvalue weighted by Gasteiger charge is 2.39. The maximum atomic E-state index is 13.3. The Bertz CT molecular complexity index is 854. The lowest BCUT2D eigenvalue weighted by atomic mass is 10.0. The summed E-state index contributed by atoms with van der Waals surface area (Å²) in [5, 5.41) is 0.370. The zero-order valence-electron chi connectivity index (χ0n) is 12.6. The minimum Gasteiger partial charge on any atom is -0.310 e. The molecule has 0 amide bonds. The molecule has 0 radical (unpaired) electrons. The Morgan fingerprint density at radius 2 is 2.08 bits per heavy atom. The van der Waals surface area contributed by atoms with E-state index < -0.39 is 23.0 Å². The van der Waals surface area contributed by atoms with Crippen molar-refractivity contribution < 1.29 is 13.2 Å². The van der Waals surface area contributed by atoms with Crippen LogP contribution in [0.15, 0.2) is 29.6 Å². The normalized spacial score (nSPS) is 14.7. The van der Waals surface area contributed by atoms with Crippen molar-refractivity contribution in [1.29, 1.82) is 0 Å². The maximum absolute atomic E-state index is 13.3. The second-order valence-electron chi connectivity index (χ2n) is 5.79. The van der Waals surface area contributed by atoms with E-state index in [2.05, 4.69) is 16.5 Å². The molecule has 0 saturated heterocycles. The van der Waals surface area contributed by atoms with Gasteiger partial charge in [0, 0.05) is 17.4 Å². The number of rotatable bonds is 4. The first-order chi connectivity index (χ1) is 11.3. The first kappa shape index (κ1) is 16.8. The largest absolute Gasteiger partial charge is 0.433 e. The van der Waals surface area contributed by atoms with Crippen molar-refractivity contribution in [3.8, 4) is 0 Å². The second-order valence-corrected chi connectivity index (χ2v) is 6.19. The zero-order chi connectivity index (χ0) is 17.5. The lowest BCUT2D eigenvalue weighted by Crippen LogP contribution is -2.25. The summed E-state index contributed by atoms with van der Waals surface area (Å²) in [6.07, 6.45) is -1.83. The van der Waals surface area contributed by atoms with E-state index in [1.807, 2.05) is 0 Å². The van der Waals surface area contributed by atoms with Crippen molar-refractivity contribution in [2.75, 3.05) is 0 Å². The highest BCUT2D eigenvalue weighted by atomic mass is 35.5. The number of benzene rings is 1. The van der Waals surface area contributed by atoms with Gasteiger partial charge in [0.15, 0.2) is 5.69 Å². The number of alkyl halides is 3. The average Bonchev–Trinajstić information content (AvgIpc) is 3.33. The van der Waals surface area contributed by atoms with E-state index in [9.17, 15) is 18.0 Å². The van der Waals surface area contributed by atoms with E-state index in [1.165, 1.54) is 6.07 Å².